The molecule has 0 aliphatic carbocycles. The number of nitrogens with zero attached hydrogens (tertiary/aromatic N) is 1. The second-order valence-electron chi connectivity index (χ2n) is 4.17. The summed E-state index contributed by atoms with van der Waals surface area (Å²) >= 11 is 1.27. The molecular weight excluding hydrogens is 278 g/mol. The van der Waals surface area contributed by atoms with Gasteiger partial charge in [-0.05, 0) is 19.1 Å². The van der Waals surface area contributed by atoms with E-state index in [2.05, 4.69) is 4.98 Å². The molecule has 1 N–H and O–H groups in total. The number of hydrogen-bond donors (Lipinski definition) is 1. The molecule has 1 aromatic heterocycles. The highest BCUT2D eigenvalue weighted by atomic mass is 32.2. The Bertz CT molecular complexity index is 657. The number of carbonyl (C=O) groups is 1. The van der Waals surface area contributed by atoms with E-state index in [1.807, 2.05) is 19.1 Å². The van der Waals surface area contributed by atoms with Crippen molar-refractivity contribution in [1.82, 2.24) is 4.98 Å². The zero-order valence-corrected chi connectivity index (χ0v) is 12.3. The molecule has 1 aromatic carbocycles. The van der Waals surface area contributed by atoms with Crippen LogP contribution in [0.15, 0.2) is 23.1 Å². The van der Waals surface area contributed by atoms with Gasteiger partial charge in [-0.25, -0.2) is 0 Å². The number of aryl methyl sites for hydroxylation is 1. The third-order valence-electron chi connectivity index (χ3n) is 2.76. The highest BCUT2D eigenvalue weighted by molar-refractivity contribution is 8.00. The molecule has 106 valence electrons. The van der Waals surface area contributed by atoms with E-state index in [9.17, 15) is 4.79 Å². The molecule has 0 saturated heterocycles. The molecule has 0 unspecified atom stereocenters. The van der Waals surface area contributed by atoms with Gasteiger partial charge in [-0.15, -0.1) is 11.8 Å². The second kappa shape index (κ2) is 6.00. The summed E-state index contributed by atoms with van der Waals surface area (Å²) in [7, 11) is 3.13. The normalized spacial score (nSPS) is 10.6. The minimum absolute atomic E-state index is 0.00684. The van der Waals surface area contributed by atoms with Crippen LogP contribution < -0.4 is 9.47 Å². The van der Waals surface area contributed by atoms with Gasteiger partial charge < -0.3 is 14.6 Å². The number of pyridine rings is 1. The lowest BCUT2D eigenvalue weighted by atomic mass is 10.2. The molecule has 0 amide bonds. The molecule has 2 aromatic rings. The number of benzene rings is 1. The predicted molar refractivity (Wildman–Crippen MR) is 77.9 cm³/mol. The van der Waals surface area contributed by atoms with Gasteiger partial charge in [-0.3, -0.25) is 9.78 Å². The fourth-order valence-electron chi connectivity index (χ4n) is 1.91. The zero-order valence-electron chi connectivity index (χ0n) is 11.5. The largest absolute Gasteiger partial charge is 0.493 e. The van der Waals surface area contributed by atoms with Crippen LogP contribution in [0.4, 0.5) is 0 Å². The van der Waals surface area contributed by atoms with Crippen molar-refractivity contribution in [2.45, 2.75) is 11.8 Å². The Labute approximate surface area is 120 Å². The van der Waals surface area contributed by atoms with E-state index in [4.69, 9.17) is 14.6 Å². The van der Waals surface area contributed by atoms with Crippen LogP contribution in [0.25, 0.3) is 10.9 Å². The van der Waals surface area contributed by atoms with Crippen LogP contribution in [0.3, 0.4) is 0 Å². The van der Waals surface area contributed by atoms with Crippen LogP contribution in [0, 0.1) is 6.92 Å². The Morgan fingerprint density at radius 2 is 1.90 bits per heavy atom. The number of carboxylic acids is 1. The van der Waals surface area contributed by atoms with Crippen molar-refractivity contribution in [3.8, 4) is 11.5 Å². The van der Waals surface area contributed by atoms with Crippen molar-refractivity contribution in [3.05, 3.63) is 23.9 Å². The number of aromatic nitrogens is 1. The number of carboxylic acid groups (broad SMARTS) is 1. The first-order valence-electron chi connectivity index (χ1n) is 5.93. The summed E-state index contributed by atoms with van der Waals surface area (Å²) in [4.78, 5) is 16.1. The minimum Gasteiger partial charge on any atom is -0.493 e. The van der Waals surface area contributed by atoms with E-state index < -0.39 is 5.97 Å². The zero-order chi connectivity index (χ0) is 14.7. The SMILES string of the molecule is COc1cc2nc(C)cc(SCC(=O)O)c2cc1OC. The van der Waals surface area contributed by atoms with Crippen LogP contribution in [0.1, 0.15) is 5.69 Å². The molecule has 5 nitrogen and oxygen atoms in total. The summed E-state index contributed by atoms with van der Waals surface area (Å²) in [5.74, 6) is 0.362. The maximum atomic E-state index is 10.7. The summed E-state index contributed by atoms with van der Waals surface area (Å²) in [5.41, 5.74) is 1.59. The van der Waals surface area contributed by atoms with Gasteiger partial charge in [0.25, 0.3) is 0 Å². The van der Waals surface area contributed by atoms with Gasteiger partial charge in [0.15, 0.2) is 11.5 Å². The first kappa shape index (κ1) is 14.5. The maximum Gasteiger partial charge on any atom is 0.313 e. The minimum atomic E-state index is -0.849. The molecular formula is C14H15NO4S. The molecule has 0 fully saturated rings. The summed E-state index contributed by atoms with van der Waals surface area (Å²) in [6.07, 6.45) is 0. The molecule has 20 heavy (non-hydrogen) atoms. The average Bonchev–Trinajstić information content (AvgIpc) is 2.42. The van der Waals surface area contributed by atoms with Gasteiger partial charge in [0, 0.05) is 22.0 Å². The lowest BCUT2D eigenvalue weighted by Gasteiger charge is -2.11. The summed E-state index contributed by atoms with van der Waals surface area (Å²) < 4.78 is 10.5. The first-order chi connectivity index (χ1) is 9.55. The van der Waals surface area contributed by atoms with E-state index in [0.717, 1.165) is 21.5 Å². The summed E-state index contributed by atoms with van der Waals surface area (Å²) in [6, 6.07) is 5.50. The van der Waals surface area contributed by atoms with E-state index in [-0.39, 0.29) is 5.75 Å². The van der Waals surface area contributed by atoms with Crippen molar-refractivity contribution in [1.29, 1.82) is 0 Å². The maximum absolute atomic E-state index is 10.7. The van der Waals surface area contributed by atoms with Crippen LogP contribution in [0.2, 0.25) is 0 Å². The average molecular weight is 293 g/mol. The number of thioether (sulfide) groups is 1. The molecule has 6 heteroatoms. The molecule has 0 saturated carbocycles. The number of aliphatic carboxylic acids is 1. The van der Waals surface area contributed by atoms with Crippen LogP contribution >= 0.6 is 11.8 Å². The van der Waals surface area contributed by atoms with E-state index >= 15 is 0 Å². The smallest absolute Gasteiger partial charge is 0.313 e. The molecule has 0 spiro atoms. The van der Waals surface area contributed by atoms with E-state index in [1.54, 1.807) is 20.3 Å². The number of methoxy groups -OCH3 is 2. The molecule has 0 radical (unpaired) electrons. The standard InChI is InChI=1S/C14H15NO4S/c1-8-4-13(20-7-14(16)17)9-5-11(18-2)12(19-3)6-10(9)15-8/h4-6H,7H2,1-3H3,(H,16,17). The number of hydrogen-bond acceptors (Lipinski definition) is 5. The molecule has 0 aliphatic heterocycles. The highest BCUT2D eigenvalue weighted by Gasteiger charge is 2.12. The van der Waals surface area contributed by atoms with Gasteiger partial charge in [0.05, 0.1) is 25.5 Å². The predicted octanol–water partition coefficient (Wildman–Crippen LogP) is 2.74. The van der Waals surface area contributed by atoms with Crippen LogP contribution in [-0.2, 0) is 4.79 Å². The van der Waals surface area contributed by atoms with Gasteiger partial charge >= 0.3 is 5.97 Å². The third kappa shape index (κ3) is 2.96. The van der Waals surface area contributed by atoms with Crippen molar-refractivity contribution < 1.29 is 19.4 Å². The lowest BCUT2D eigenvalue weighted by molar-refractivity contribution is -0.133. The second-order valence-corrected chi connectivity index (χ2v) is 5.19. The van der Waals surface area contributed by atoms with Gasteiger partial charge in [0.1, 0.15) is 0 Å². The Hall–Kier alpha value is -1.95. The molecule has 1 heterocycles. The van der Waals surface area contributed by atoms with Gasteiger partial charge in [-0.1, -0.05) is 0 Å². The quantitative estimate of drug-likeness (QED) is 0.855. The number of ether oxygens (including phenoxy) is 2. The molecule has 2 rings (SSSR count). The number of rotatable bonds is 5. The van der Waals surface area contributed by atoms with E-state index in [0.29, 0.717) is 11.5 Å². The van der Waals surface area contributed by atoms with Crippen LogP contribution in [0.5, 0.6) is 11.5 Å². The van der Waals surface area contributed by atoms with Crippen molar-refractivity contribution >= 4 is 28.6 Å². The molecule has 0 bridgehead atoms. The van der Waals surface area contributed by atoms with Crippen molar-refractivity contribution in [3.63, 3.8) is 0 Å². The Kier molecular flexibility index (Phi) is 4.34. The summed E-state index contributed by atoms with van der Waals surface area (Å²) in [6.45, 7) is 1.88. The Morgan fingerprint density at radius 3 is 2.50 bits per heavy atom. The highest BCUT2D eigenvalue weighted by Crippen LogP contribution is 2.36. The fraction of sp³-hybridized carbons (Fsp3) is 0.286. The Balaban J connectivity index is 2.58. The summed E-state index contributed by atoms with van der Waals surface area (Å²) in [5, 5.41) is 9.68. The first-order valence-corrected chi connectivity index (χ1v) is 6.91. The monoisotopic (exact) mass is 293 g/mol. The van der Waals surface area contributed by atoms with Gasteiger partial charge in [0.2, 0.25) is 0 Å². The lowest BCUT2D eigenvalue weighted by Crippen LogP contribution is -1.99. The topological polar surface area (TPSA) is 68.7 Å². The fourth-order valence-corrected chi connectivity index (χ4v) is 2.76. The molecule has 0 atom stereocenters. The number of fused-ring (bicyclic) bond motifs is 1. The molecule has 0 aliphatic rings. The Morgan fingerprint density at radius 1 is 1.25 bits per heavy atom. The van der Waals surface area contributed by atoms with E-state index in [1.165, 1.54) is 11.8 Å². The van der Waals surface area contributed by atoms with Crippen LogP contribution in [-0.4, -0.2) is 36.0 Å². The van der Waals surface area contributed by atoms with Gasteiger partial charge in [-0.2, -0.15) is 0 Å². The third-order valence-corrected chi connectivity index (χ3v) is 3.80. The van der Waals surface area contributed by atoms with Crippen molar-refractivity contribution in [2.75, 3.05) is 20.0 Å². The van der Waals surface area contributed by atoms with Crippen molar-refractivity contribution in [2.24, 2.45) is 0 Å².